The fraction of sp³-hybridized carbons (Fsp3) is 0.545. The third-order valence-electron chi connectivity index (χ3n) is 4.99. The van der Waals surface area contributed by atoms with Crippen LogP contribution >= 0.6 is 0 Å². The van der Waals surface area contributed by atoms with Crippen LogP contribution in [0.3, 0.4) is 0 Å². The Hall–Kier alpha value is -2.26. The molecule has 2 N–H and O–H groups in total. The molecule has 0 saturated carbocycles. The van der Waals surface area contributed by atoms with Crippen LogP contribution in [0.4, 0.5) is 0 Å². The van der Waals surface area contributed by atoms with E-state index in [1.165, 1.54) is 6.26 Å². The molecule has 2 aromatic rings. The lowest BCUT2D eigenvalue weighted by Crippen LogP contribution is -2.48. The van der Waals surface area contributed by atoms with Crippen molar-refractivity contribution in [2.45, 2.75) is 39.1 Å². The first-order valence-corrected chi connectivity index (χ1v) is 10.5. The second kappa shape index (κ2) is 11.2. The van der Waals surface area contributed by atoms with Crippen LogP contribution in [0.5, 0.6) is 0 Å². The number of aliphatic hydroxyl groups is 1. The smallest absolute Gasteiger partial charge is 0.273 e. The van der Waals surface area contributed by atoms with Crippen LogP contribution in [0.1, 0.15) is 35.8 Å². The van der Waals surface area contributed by atoms with E-state index >= 15 is 0 Å². The average molecular weight is 417 g/mol. The van der Waals surface area contributed by atoms with Crippen LogP contribution in [0.15, 0.2) is 41.0 Å². The summed E-state index contributed by atoms with van der Waals surface area (Å²) in [5.74, 6) is 0.301. The quantitative estimate of drug-likeness (QED) is 0.607. The van der Waals surface area contributed by atoms with Gasteiger partial charge in [-0.15, -0.1) is 0 Å². The van der Waals surface area contributed by atoms with Gasteiger partial charge in [0, 0.05) is 39.3 Å². The number of ether oxygens (including phenoxy) is 1. The monoisotopic (exact) mass is 416 g/mol. The minimum atomic E-state index is -0.470. The van der Waals surface area contributed by atoms with Gasteiger partial charge in [-0.05, 0) is 19.4 Å². The maximum absolute atomic E-state index is 12.3. The molecule has 1 saturated heterocycles. The first kappa shape index (κ1) is 22.4. The van der Waals surface area contributed by atoms with Gasteiger partial charge < -0.3 is 19.6 Å². The van der Waals surface area contributed by atoms with Gasteiger partial charge in [-0.2, -0.15) is 0 Å². The summed E-state index contributed by atoms with van der Waals surface area (Å²) in [6, 6.07) is 9.75. The standard InChI is InChI=1S/C22H32N4O4/c1-17(2)29-15-19(27)13-25-8-10-26(11-9-25)14-21-24-20(16-30-21)22(28)23-12-18-6-4-3-5-7-18/h3-7,16-17,19,27H,8-15H2,1-2H3,(H,23,28)/t19-/m1/s1. The molecule has 164 valence electrons. The van der Waals surface area contributed by atoms with Crippen LogP contribution in [0, 0.1) is 0 Å². The molecule has 2 heterocycles. The summed E-state index contributed by atoms with van der Waals surface area (Å²) in [5, 5.41) is 12.9. The first-order chi connectivity index (χ1) is 14.5. The Kier molecular flexibility index (Phi) is 8.39. The van der Waals surface area contributed by atoms with E-state index in [0.29, 0.717) is 37.8 Å². The number of carbonyl (C=O) groups is 1. The zero-order chi connectivity index (χ0) is 21.3. The minimum Gasteiger partial charge on any atom is -0.447 e. The zero-order valence-electron chi connectivity index (χ0n) is 17.8. The number of β-amino-alcohol motifs (C(OH)–C–C–N with tert-alkyl or cyclic N) is 1. The van der Waals surface area contributed by atoms with Crippen molar-refractivity contribution in [1.29, 1.82) is 0 Å². The lowest BCUT2D eigenvalue weighted by atomic mass is 10.2. The third kappa shape index (κ3) is 7.21. The molecule has 30 heavy (non-hydrogen) atoms. The van der Waals surface area contributed by atoms with E-state index in [1.54, 1.807) is 0 Å². The average Bonchev–Trinajstić information content (AvgIpc) is 3.21. The summed E-state index contributed by atoms with van der Waals surface area (Å²) in [7, 11) is 0. The van der Waals surface area contributed by atoms with Crippen LogP contribution in [0.2, 0.25) is 0 Å². The zero-order valence-corrected chi connectivity index (χ0v) is 17.8. The Bertz CT molecular complexity index is 772. The number of benzene rings is 1. The summed E-state index contributed by atoms with van der Waals surface area (Å²) in [6.45, 7) is 9.38. The molecule has 3 rings (SSSR count). The minimum absolute atomic E-state index is 0.127. The highest BCUT2D eigenvalue weighted by molar-refractivity contribution is 5.91. The largest absolute Gasteiger partial charge is 0.447 e. The summed E-state index contributed by atoms with van der Waals surface area (Å²) in [6.07, 6.45) is 1.07. The van der Waals surface area contributed by atoms with Crippen molar-refractivity contribution in [2.24, 2.45) is 0 Å². The predicted molar refractivity (Wildman–Crippen MR) is 113 cm³/mol. The van der Waals surface area contributed by atoms with Gasteiger partial charge >= 0.3 is 0 Å². The van der Waals surface area contributed by atoms with Gasteiger partial charge in [0.1, 0.15) is 6.26 Å². The van der Waals surface area contributed by atoms with Gasteiger partial charge in [0.25, 0.3) is 5.91 Å². The lowest BCUT2D eigenvalue weighted by molar-refractivity contribution is -0.0151. The molecule has 0 unspecified atom stereocenters. The molecule has 1 fully saturated rings. The molecule has 1 amide bonds. The third-order valence-corrected chi connectivity index (χ3v) is 4.99. The van der Waals surface area contributed by atoms with Crippen LogP contribution in [-0.4, -0.2) is 77.3 Å². The summed E-state index contributed by atoms with van der Waals surface area (Å²) in [5.41, 5.74) is 1.33. The highest BCUT2D eigenvalue weighted by atomic mass is 16.5. The van der Waals surface area contributed by atoms with Crippen molar-refractivity contribution >= 4 is 5.91 Å². The number of amides is 1. The topological polar surface area (TPSA) is 91.1 Å². The Morgan fingerprint density at radius 1 is 1.20 bits per heavy atom. The van der Waals surface area contributed by atoms with E-state index in [2.05, 4.69) is 20.1 Å². The fourth-order valence-corrected chi connectivity index (χ4v) is 3.33. The number of aromatic nitrogens is 1. The maximum atomic E-state index is 12.3. The number of hydrogen-bond acceptors (Lipinski definition) is 7. The van der Waals surface area contributed by atoms with Gasteiger partial charge in [-0.1, -0.05) is 30.3 Å². The molecule has 8 nitrogen and oxygen atoms in total. The molecule has 0 radical (unpaired) electrons. The Morgan fingerprint density at radius 3 is 2.60 bits per heavy atom. The van der Waals surface area contributed by atoms with Crippen LogP contribution < -0.4 is 5.32 Å². The Labute approximate surface area is 177 Å². The van der Waals surface area contributed by atoms with E-state index in [9.17, 15) is 9.90 Å². The molecule has 1 aromatic carbocycles. The van der Waals surface area contributed by atoms with E-state index in [-0.39, 0.29) is 12.0 Å². The van der Waals surface area contributed by atoms with Crippen molar-refractivity contribution in [3.05, 3.63) is 53.7 Å². The second-order valence-electron chi connectivity index (χ2n) is 7.91. The van der Waals surface area contributed by atoms with Gasteiger partial charge in [0.05, 0.1) is 25.4 Å². The molecule has 0 bridgehead atoms. The van der Waals surface area contributed by atoms with E-state index < -0.39 is 6.10 Å². The van der Waals surface area contributed by atoms with Gasteiger partial charge in [-0.3, -0.25) is 14.6 Å². The number of carbonyl (C=O) groups excluding carboxylic acids is 1. The molecular weight excluding hydrogens is 384 g/mol. The highest BCUT2D eigenvalue weighted by Gasteiger charge is 2.21. The SMILES string of the molecule is CC(C)OC[C@H](O)CN1CCN(Cc2nc(C(=O)NCc3ccccc3)co2)CC1. The van der Waals surface area contributed by atoms with E-state index in [0.717, 1.165) is 31.7 Å². The number of piperazine rings is 1. The molecular formula is C22H32N4O4. The first-order valence-electron chi connectivity index (χ1n) is 10.5. The van der Waals surface area contributed by atoms with Gasteiger partial charge in [-0.25, -0.2) is 4.98 Å². The second-order valence-corrected chi connectivity index (χ2v) is 7.91. The van der Waals surface area contributed by atoms with Crippen LogP contribution in [-0.2, 0) is 17.8 Å². The highest BCUT2D eigenvalue weighted by Crippen LogP contribution is 2.10. The Morgan fingerprint density at radius 2 is 1.90 bits per heavy atom. The van der Waals surface area contributed by atoms with Crippen molar-refractivity contribution < 1.29 is 19.1 Å². The number of hydrogen-bond donors (Lipinski definition) is 2. The number of nitrogens with one attached hydrogen (secondary N) is 1. The molecule has 1 aromatic heterocycles. The molecule has 1 aliphatic rings. The lowest BCUT2D eigenvalue weighted by Gasteiger charge is -2.35. The predicted octanol–water partition coefficient (Wildman–Crippen LogP) is 1.51. The van der Waals surface area contributed by atoms with E-state index in [1.807, 2.05) is 44.2 Å². The summed E-state index contributed by atoms with van der Waals surface area (Å²) >= 11 is 0. The number of aliphatic hydroxyl groups excluding tert-OH is 1. The Balaban J connectivity index is 1.38. The number of nitrogens with zero attached hydrogens (tertiary/aromatic N) is 3. The summed E-state index contributed by atoms with van der Waals surface area (Å²) < 4.78 is 11.0. The van der Waals surface area contributed by atoms with Crippen molar-refractivity contribution in [1.82, 2.24) is 20.1 Å². The number of oxazole rings is 1. The molecule has 1 aliphatic heterocycles. The maximum Gasteiger partial charge on any atom is 0.273 e. The normalized spacial score (nSPS) is 16.7. The summed E-state index contributed by atoms with van der Waals surface area (Å²) in [4.78, 5) is 21.1. The van der Waals surface area contributed by atoms with Gasteiger partial charge in [0.15, 0.2) is 5.69 Å². The van der Waals surface area contributed by atoms with Gasteiger partial charge in [0.2, 0.25) is 5.89 Å². The molecule has 1 atom stereocenters. The number of rotatable bonds is 10. The van der Waals surface area contributed by atoms with Crippen molar-refractivity contribution in [3.8, 4) is 0 Å². The van der Waals surface area contributed by atoms with Crippen molar-refractivity contribution in [3.63, 3.8) is 0 Å². The van der Waals surface area contributed by atoms with E-state index in [4.69, 9.17) is 9.15 Å². The van der Waals surface area contributed by atoms with Crippen molar-refractivity contribution in [2.75, 3.05) is 39.3 Å². The molecule has 0 spiro atoms. The van der Waals surface area contributed by atoms with Crippen LogP contribution in [0.25, 0.3) is 0 Å². The fourth-order valence-electron chi connectivity index (χ4n) is 3.33. The molecule has 0 aliphatic carbocycles. The molecule has 8 heteroatoms.